The van der Waals surface area contributed by atoms with Gasteiger partial charge >= 0.3 is 0 Å². The molecule has 3 rings (SSSR count). The second kappa shape index (κ2) is 8.07. The molecule has 0 aliphatic rings. The molecule has 0 aliphatic carbocycles. The van der Waals surface area contributed by atoms with Gasteiger partial charge in [-0.2, -0.15) is 0 Å². The SMILES string of the molecule is COCCNc1ncnc2sc(C(=O)N(C)[C@H](C)c3nccs3)c(C)c12. The van der Waals surface area contributed by atoms with Crippen LogP contribution < -0.4 is 5.32 Å². The smallest absolute Gasteiger partial charge is 0.264 e. The maximum atomic E-state index is 13.1. The van der Waals surface area contributed by atoms with Crippen LogP contribution in [0.3, 0.4) is 0 Å². The molecule has 0 unspecified atom stereocenters. The number of ether oxygens (including phenoxy) is 1. The highest BCUT2D eigenvalue weighted by atomic mass is 32.1. The zero-order valence-electron chi connectivity index (χ0n) is 15.1. The van der Waals surface area contributed by atoms with Crippen LogP contribution in [0.5, 0.6) is 0 Å². The molecular weight excluding hydrogens is 370 g/mol. The van der Waals surface area contributed by atoms with E-state index in [4.69, 9.17) is 4.74 Å². The van der Waals surface area contributed by atoms with Crippen molar-refractivity contribution in [3.63, 3.8) is 0 Å². The van der Waals surface area contributed by atoms with Crippen molar-refractivity contribution in [3.8, 4) is 0 Å². The van der Waals surface area contributed by atoms with Gasteiger partial charge in [0.2, 0.25) is 0 Å². The molecule has 1 atom stereocenters. The molecule has 9 heteroatoms. The average molecular weight is 392 g/mol. The normalized spacial score (nSPS) is 12.3. The number of amides is 1. The number of thiazole rings is 1. The second-order valence-corrected chi connectivity index (χ2v) is 7.77. The molecule has 0 aliphatic heterocycles. The van der Waals surface area contributed by atoms with Crippen molar-refractivity contribution in [2.24, 2.45) is 0 Å². The molecule has 0 aromatic carbocycles. The van der Waals surface area contributed by atoms with Crippen LogP contribution in [0.15, 0.2) is 17.9 Å². The summed E-state index contributed by atoms with van der Waals surface area (Å²) in [7, 11) is 3.46. The summed E-state index contributed by atoms with van der Waals surface area (Å²) in [5, 5.41) is 6.99. The lowest BCUT2D eigenvalue weighted by atomic mass is 10.1. The van der Waals surface area contributed by atoms with Gasteiger partial charge in [0, 0.05) is 32.3 Å². The number of anilines is 1. The largest absolute Gasteiger partial charge is 0.383 e. The Hall–Kier alpha value is -2.10. The molecule has 0 spiro atoms. The van der Waals surface area contributed by atoms with Crippen LogP contribution >= 0.6 is 22.7 Å². The first kappa shape index (κ1) is 18.7. The molecule has 7 nitrogen and oxygen atoms in total. The molecule has 3 aromatic rings. The van der Waals surface area contributed by atoms with Crippen LogP contribution in [-0.4, -0.2) is 53.1 Å². The molecular formula is C17H21N5O2S2. The first-order chi connectivity index (χ1) is 12.5. The number of thiophene rings is 1. The van der Waals surface area contributed by atoms with E-state index in [1.165, 1.54) is 17.7 Å². The Bertz CT molecular complexity index is 894. The van der Waals surface area contributed by atoms with Gasteiger partial charge in [-0.25, -0.2) is 15.0 Å². The lowest BCUT2D eigenvalue weighted by Crippen LogP contribution is -2.29. The van der Waals surface area contributed by atoms with Crippen molar-refractivity contribution < 1.29 is 9.53 Å². The van der Waals surface area contributed by atoms with Gasteiger partial charge in [0.25, 0.3) is 5.91 Å². The number of carbonyl (C=O) groups excluding carboxylic acids is 1. The Morgan fingerprint density at radius 3 is 2.88 bits per heavy atom. The molecule has 3 aromatic heterocycles. The zero-order chi connectivity index (χ0) is 18.7. The van der Waals surface area contributed by atoms with Crippen molar-refractivity contribution in [3.05, 3.63) is 33.4 Å². The van der Waals surface area contributed by atoms with Gasteiger partial charge < -0.3 is 15.0 Å². The van der Waals surface area contributed by atoms with Crippen LogP contribution in [0.1, 0.15) is 33.2 Å². The van der Waals surface area contributed by atoms with Crippen molar-refractivity contribution in [1.29, 1.82) is 0 Å². The summed E-state index contributed by atoms with van der Waals surface area (Å²) in [4.78, 5) is 29.3. The van der Waals surface area contributed by atoms with Crippen LogP contribution in [0.4, 0.5) is 5.82 Å². The molecule has 1 amide bonds. The summed E-state index contributed by atoms with van der Waals surface area (Å²) in [6.45, 7) is 5.15. The Morgan fingerprint density at radius 1 is 1.38 bits per heavy atom. The molecule has 0 fully saturated rings. The van der Waals surface area contributed by atoms with E-state index in [-0.39, 0.29) is 11.9 Å². The quantitative estimate of drug-likeness (QED) is 0.622. The van der Waals surface area contributed by atoms with E-state index >= 15 is 0 Å². The standard InChI is InChI=1S/C17H21N5O2S2/c1-10-12-14(18-5-7-24-4)20-9-21-16(12)26-13(10)17(23)22(3)11(2)15-19-6-8-25-15/h6,8-9,11H,5,7H2,1-4H3,(H,18,20,21)/t11-/m1/s1. The fraction of sp³-hybridized carbons (Fsp3) is 0.412. The minimum atomic E-state index is -0.0857. The van der Waals surface area contributed by atoms with Gasteiger partial charge in [-0.3, -0.25) is 4.79 Å². The van der Waals surface area contributed by atoms with E-state index < -0.39 is 0 Å². The molecule has 138 valence electrons. The third kappa shape index (κ3) is 3.55. The van der Waals surface area contributed by atoms with Crippen molar-refractivity contribution in [2.45, 2.75) is 19.9 Å². The van der Waals surface area contributed by atoms with E-state index in [1.807, 2.05) is 26.3 Å². The van der Waals surface area contributed by atoms with Crippen LogP contribution in [-0.2, 0) is 4.74 Å². The predicted molar refractivity (Wildman–Crippen MR) is 105 cm³/mol. The number of carbonyl (C=O) groups is 1. The number of fused-ring (bicyclic) bond motifs is 1. The number of nitrogens with zero attached hydrogens (tertiary/aromatic N) is 4. The summed E-state index contributed by atoms with van der Waals surface area (Å²) in [5.74, 6) is 0.700. The predicted octanol–water partition coefficient (Wildman–Crippen LogP) is 3.35. The van der Waals surface area contributed by atoms with Crippen LogP contribution in [0.25, 0.3) is 10.2 Å². The first-order valence-electron chi connectivity index (χ1n) is 8.18. The Labute approximate surface area is 160 Å². The second-order valence-electron chi connectivity index (χ2n) is 5.84. The summed E-state index contributed by atoms with van der Waals surface area (Å²) in [6, 6.07) is -0.0857. The molecule has 3 heterocycles. The number of rotatable bonds is 7. The number of hydrogen-bond acceptors (Lipinski definition) is 8. The molecule has 0 bridgehead atoms. The highest BCUT2D eigenvalue weighted by molar-refractivity contribution is 7.20. The number of methoxy groups -OCH3 is 1. The number of aryl methyl sites for hydroxylation is 1. The van der Waals surface area contributed by atoms with Gasteiger partial charge in [-0.05, 0) is 19.4 Å². The maximum absolute atomic E-state index is 13.1. The van der Waals surface area contributed by atoms with Crippen LogP contribution in [0.2, 0.25) is 0 Å². The van der Waals surface area contributed by atoms with E-state index in [0.717, 1.165) is 26.6 Å². The van der Waals surface area contributed by atoms with Gasteiger partial charge in [-0.1, -0.05) is 0 Å². The molecule has 26 heavy (non-hydrogen) atoms. The van der Waals surface area contributed by atoms with E-state index in [2.05, 4.69) is 20.3 Å². The molecule has 0 saturated heterocycles. The van der Waals surface area contributed by atoms with Crippen molar-refractivity contribution >= 4 is 44.6 Å². The Kier molecular flexibility index (Phi) is 5.80. The lowest BCUT2D eigenvalue weighted by Gasteiger charge is -2.23. The van der Waals surface area contributed by atoms with Gasteiger partial charge in [0.1, 0.15) is 22.0 Å². The monoisotopic (exact) mass is 391 g/mol. The van der Waals surface area contributed by atoms with Gasteiger partial charge in [-0.15, -0.1) is 22.7 Å². The molecule has 0 radical (unpaired) electrons. The molecule has 1 N–H and O–H groups in total. The first-order valence-corrected chi connectivity index (χ1v) is 9.87. The van der Waals surface area contributed by atoms with Gasteiger partial charge in [0.05, 0.1) is 22.9 Å². The summed E-state index contributed by atoms with van der Waals surface area (Å²) >= 11 is 2.95. The third-order valence-corrected chi connectivity index (χ3v) is 6.36. The fourth-order valence-electron chi connectivity index (χ4n) is 2.62. The minimum absolute atomic E-state index is 0.0314. The summed E-state index contributed by atoms with van der Waals surface area (Å²) in [6.07, 6.45) is 3.27. The molecule has 0 saturated carbocycles. The average Bonchev–Trinajstić information content (AvgIpc) is 3.29. The van der Waals surface area contributed by atoms with E-state index in [0.29, 0.717) is 18.0 Å². The fourth-order valence-corrected chi connectivity index (χ4v) is 4.49. The topological polar surface area (TPSA) is 80.2 Å². The van der Waals surface area contributed by atoms with Gasteiger partial charge in [0.15, 0.2) is 0 Å². The third-order valence-electron chi connectivity index (χ3n) is 4.23. The number of aromatic nitrogens is 3. The Balaban J connectivity index is 1.91. The number of nitrogens with one attached hydrogen (secondary N) is 1. The van der Waals surface area contributed by atoms with E-state index in [1.54, 1.807) is 29.5 Å². The maximum Gasteiger partial charge on any atom is 0.264 e. The summed E-state index contributed by atoms with van der Waals surface area (Å²) < 4.78 is 5.07. The van der Waals surface area contributed by atoms with Crippen LogP contribution in [0, 0.1) is 6.92 Å². The minimum Gasteiger partial charge on any atom is -0.383 e. The van der Waals surface area contributed by atoms with E-state index in [9.17, 15) is 4.79 Å². The zero-order valence-corrected chi connectivity index (χ0v) is 16.8. The highest BCUT2D eigenvalue weighted by Gasteiger charge is 2.25. The Morgan fingerprint density at radius 2 is 2.19 bits per heavy atom. The van der Waals surface area contributed by atoms with Crippen molar-refractivity contribution in [2.75, 3.05) is 32.6 Å². The summed E-state index contributed by atoms with van der Waals surface area (Å²) in [5.41, 5.74) is 0.897. The number of hydrogen-bond donors (Lipinski definition) is 1. The van der Waals surface area contributed by atoms with Crippen molar-refractivity contribution in [1.82, 2.24) is 19.9 Å². The lowest BCUT2D eigenvalue weighted by molar-refractivity contribution is 0.0747. The highest BCUT2D eigenvalue weighted by Crippen LogP contribution is 2.35.